The summed E-state index contributed by atoms with van der Waals surface area (Å²) in [4.78, 5) is 94.6. The molecule has 0 aromatic heterocycles. The number of carboxylic acid groups (broad SMARTS) is 1. The van der Waals surface area contributed by atoms with Gasteiger partial charge in [0.1, 0.15) is 35.7 Å². The number of nitrogens with one attached hydrogen (secondary N) is 2. The van der Waals surface area contributed by atoms with Crippen LogP contribution in [0.3, 0.4) is 0 Å². The number of carboxylic acids is 1. The van der Waals surface area contributed by atoms with E-state index in [0.29, 0.717) is 37.5 Å². The van der Waals surface area contributed by atoms with Gasteiger partial charge < -0.3 is 49.4 Å². The molecule has 6 atom stereocenters. The SMILES string of the molecule is COC(=O)[C@@H]1C[C@]2(CC(c3cc(C)c(OC(C)C)c(C)c3)=NO2)CN1C(=O)[C@@H](NC(=O)CC1CCCCC1)C(C)(C)C.Cc1cc(C2=NO[C@]3(C2)C[C@@H](C(=O)O)N(C(=O)[C@@H](NC(=O)CC2CCCCC2)C(C)(C)C)C3)cc(C)c1OC(C)C. The minimum Gasteiger partial charge on any atom is -0.490 e. The highest BCUT2D eigenvalue weighted by Gasteiger charge is 2.57. The van der Waals surface area contributed by atoms with E-state index in [1.165, 1.54) is 29.8 Å². The molecule has 4 fully saturated rings. The van der Waals surface area contributed by atoms with Crippen molar-refractivity contribution in [1.82, 2.24) is 20.4 Å². The van der Waals surface area contributed by atoms with Crippen molar-refractivity contribution in [3.8, 4) is 11.5 Å². The van der Waals surface area contributed by atoms with Crippen LogP contribution in [0.1, 0.15) is 205 Å². The van der Waals surface area contributed by atoms with Crippen molar-refractivity contribution in [3.63, 3.8) is 0 Å². The van der Waals surface area contributed by atoms with Crippen LogP contribution in [0.25, 0.3) is 0 Å². The molecule has 4 aliphatic heterocycles. The first kappa shape index (κ1) is 64.4. The van der Waals surface area contributed by atoms with Gasteiger partial charge in [-0.25, -0.2) is 9.59 Å². The number of carbonyl (C=O) groups excluding carboxylic acids is 5. The molecule has 8 rings (SSSR count). The van der Waals surface area contributed by atoms with Crippen LogP contribution >= 0.6 is 0 Å². The standard InChI is InChI=1S/C33H49N3O6.C32H47N3O6/c1-20(2)41-28-21(3)14-24(15-22(28)4)25-17-33(42-35-25)18-26(31(39)40-8)36(19-33)30(38)29(32(5,6)7)34-27(37)16-23-12-10-9-11-13-23;1-19(2)40-27-20(3)13-23(14-21(27)4)24-16-32(41-34-24)17-25(30(38)39)35(18-32)29(37)28(31(5,6)7)33-26(36)15-22-11-9-8-10-12-22/h14-15,20,23,26,29H,9-13,16-19H2,1-8H3,(H,34,37);13-14,19,22,25,28H,8-12,15-18H2,1-7H3,(H,33,36)(H,38,39)/t26-,29+,33+;25-,28+,32+/m00/s1. The van der Waals surface area contributed by atoms with Crippen LogP contribution in [-0.2, 0) is 43.2 Å². The van der Waals surface area contributed by atoms with Crippen molar-refractivity contribution in [2.75, 3.05) is 20.2 Å². The van der Waals surface area contributed by atoms with Crippen LogP contribution < -0.4 is 20.1 Å². The first-order valence-electron chi connectivity index (χ1n) is 30.5. The molecule has 0 bridgehead atoms. The number of rotatable bonds is 16. The van der Waals surface area contributed by atoms with Gasteiger partial charge in [0.05, 0.1) is 43.8 Å². The molecule has 83 heavy (non-hydrogen) atoms. The summed E-state index contributed by atoms with van der Waals surface area (Å²) in [5.41, 5.74) is 4.35. The minimum atomic E-state index is -1.09. The molecule has 458 valence electrons. The maximum absolute atomic E-state index is 14.2. The van der Waals surface area contributed by atoms with Gasteiger partial charge in [-0.1, -0.05) is 90.4 Å². The van der Waals surface area contributed by atoms with Crippen LogP contribution in [-0.4, -0.2) is 130 Å². The van der Waals surface area contributed by atoms with Crippen molar-refractivity contribution >= 4 is 47.0 Å². The van der Waals surface area contributed by atoms with E-state index < -0.39 is 64.0 Å². The fourth-order valence-electron chi connectivity index (χ4n) is 13.1. The van der Waals surface area contributed by atoms with Crippen LogP contribution in [0.2, 0.25) is 0 Å². The van der Waals surface area contributed by atoms with E-state index in [1.54, 1.807) is 0 Å². The molecule has 18 nitrogen and oxygen atoms in total. The Morgan fingerprint density at radius 2 is 0.952 bits per heavy atom. The Morgan fingerprint density at radius 1 is 0.602 bits per heavy atom. The number of methoxy groups -OCH3 is 1. The summed E-state index contributed by atoms with van der Waals surface area (Å²) >= 11 is 0. The molecule has 2 saturated carbocycles. The summed E-state index contributed by atoms with van der Waals surface area (Å²) in [6, 6.07) is 4.56. The molecule has 2 aromatic carbocycles. The van der Waals surface area contributed by atoms with Crippen molar-refractivity contribution < 1.29 is 57.8 Å². The zero-order valence-corrected chi connectivity index (χ0v) is 52.4. The van der Waals surface area contributed by atoms with Gasteiger partial charge >= 0.3 is 11.9 Å². The maximum Gasteiger partial charge on any atom is 0.328 e. The lowest BCUT2D eigenvalue weighted by atomic mass is 9.84. The highest BCUT2D eigenvalue weighted by atomic mass is 16.7. The van der Waals surface area contributed by atoms with Gasteiger partial charge in [0.25, 0.3) is 0 Å². The first-order valence-corrected chi connectivity index (χ1v) is 30.5. The monoisotopic (exact) mass is 1150 g/mol. The number of hydrogen-bond donors (Lipinski definition) is 3. The molecule has 2 saturated heterocycles. The Hall–Kier alpha value is -6.20. The van der Waals surface area contributed by atoms with E-state index in [-0.39, 0.29) is 55.9 Å². The predicted molar refractivity (Wildman–Crippen MR) is 318 cm³/mol. The number of aryl methyl sites for hydroxylation is 4. The van der Waals surface area contributed by atoms with Gasteiger partial charge in [0.15, 0.2) is 11.2 Å². The number of hydrogen-bond acceptors (Lipinski definition) is 13. The second-order valence-corrected chi connectivity index (χ2v) is 27.6. The average Bonchev–Trinajstić information content (AvgIpc) is 2.40. The lowest BCUT2D eigenvalue weighted by Crippen LogP contribution is -2.57. The zero-order valence-electron chi connectivity index (χ0n) is 52.4. The lowest BCUT2D eigenvalue weighted by molar-refractivity contribution is -0.153. The fourth-order valence-corrected chi connectivity index (χ4v) is 13.1. The smallest absolute Gasteiger partial charge is 0.328 e. The molecule has 4 heterocycles. The van der Waals surface area contributed by atoms with Gasteiger partial charge in [-0.2, -0.15) is 0 Å². The Morgan fingerprint density at radius 3 is 1.28 bits per heavy atom. The van der Waals surface area contributed by atoms with E-state index in [9.17, 15) is 33.9 Å². The summed E-state index contributed by atoms with van der Waals surface area (Å²) < 4.78 is 17.1. The normalized spacial score (nSPS) is 23.7. The number of esters is 1. The van der Waals surface area contributed by atoms with Crippen LogP contribution in [0.5, 0.6) is 11.5 Å². The van der Waals surface area contributed by atoms with Crippen LogP contribution in [0, 0.1) is 50.4 Å². The Bertz CT molecular complexity index is 2740. The number of ether oxygens (including phenoxy) is 3. The van der Waals surface area contributed by atoms with Gasteiger partial charge in [-0.05, 0) is 150 Å². The van der Waals surface area contributed by atoms with E-state index in [1.807, 2.05) is 121 Å². The molecule has 18 heteroatoms. The van der Waals surface area contributed by atoms with Gasteiger partial charge in [-0.15, -0.1) is 0 Å². The highest BCUT2D eigenvalue weighted by Crippen LogP contribution is 2.43. The fraction of sp³-hybridized carbons (Fsp3) is 0.692. The zero-order chi connectivity index (χ0) is 60.9. The van der Waals surface area contributed by atoms with Crippen LogP contribution in [0.4, 0.5) is 0 Å². The van der Waals surface area contributed by atoms with Crippen LogP contribution in [0.15, 0.2) is 34.6 Å². The Labute approximate surface area is 492 Å². The van der Waals surface area contributed by atoms with E-state index >= 15 is 0 Å². The number of nitrogens with zero attached hydrogens (tertiary/aromatic N) is 4. The minimum absolute atomic E-state index is 0.0533. The molecule has 2 spiro atoms. The molecular weight excluding hydrogens is 1060 g/mol. The number of oxime groups is 2. The van der Waals surface area contributed by atoms with E-state index in [0.717, 1.165) is 108 Å². The topological polar surface area (TPSA) is 224 Å². The molecule has 0 unspecified atom stereocenters. The van der Waals surface area contributed by atoms with Gasteiger partial charge in [0, 0.05) is 49.7 Å². The number of benzene rings is 2. The third-order valence-electron chi connectivity index (χ3n) is 17.3. The second-order valence-electron chi connectivity index (χ2n) is 27.6. The summed E-state index contributed by atoms with van der Waals surface area (Å²) in [5.74, 6) is -0.138. The summed E-state index contributed by atoms with van der Waals surface area (Å²) in [5, 5.41) is 25.0. The number of likely N-dealkylation sites (tertiary alicyclic amines) is 2. The van der Waals surface area contributed by atoms with Crippen molar-refractivity contribution in [1.29, 1.82) is 0 Å². The molecule has 3 N–H and O–H groups in total. The third kappa shape index (κ3) is 15.8. The predicted octanol–water partition coefficient (Wildman–Crippen LogP) is 10.4. The maximum atomic E-state index is 14.2. The number of aliphatic carboxylic acids is 1. The van der Waals surface area contributed by atoms with E-state index in [2.05, 4.69) is 20.9 Å². The molecule has 6 aliphatic rings. The quantitative estimate of drug-likeness (QED) is 0.134. The summed E-state index contributed by atoms with van der Waals surface area (Å²) in [6.07, 6.45) is 13.3. The number of carbonyl (C=O) groups is 6. The molecule has 2 aromatic rings. The second kappa shape index (κ2) is 26.4. The average molecular weight is 1150 g/mol. The highest BCUT2D eigenvalue weighted by molar-refractivity contribution is 6.03. The third-order valence-corrected chi connectivity index (χ3v) is 17.3. The van der Waals surface area contributed by atoms with E-state index in [4.69, 9.17) is 23.9 Å². The van der Waals surface area contributed by atoms with Crippen molar-refractivity contribution in [2.24, 2.45) is 33.0 Å². The summed E-state index contributed by atoms with van der Waals surface area (Å²) in [6.45, 7) is 27.7. The Kier molecular flexibility index (Phi) is 20.5. The lowest BCUT2D eigenvalue weighted by Gasteiger charge is -2.35. The number of amides is 4. The molecule has 0 radical (unpaired) electrons. The molecule has 4 amide bonds. The van der Waals surface area contributed by atoms with Gasteiger partial charge in [0.2, 0.25) is 23.6 Å². The molecule has 2 aliphatic carbocycles. The first-order chi connectivity index (χ1) is 38.9. The largest absolute Gasteiger partial charge is 0.490 e. The summed E-state index contributed by atoms with van der Waals surface area (Å²) in [7, 11) is 1.33. The molecular formula is C65H96N6O12. The van der Waals surface area contributed by atoms with Gasteiger partial charge in [-0.3, -0.25) is 19.2 Å². The Balaban J connectivity index is 0.000000239. The van der Waals surface area contributed by atoms with Crippen molar-refractivity contribution in [3.05, 3.63) is 57.6 Å². The van der Waals surface area contributed by atoms with Crippen molar-refractivity contribution in [2.45, 2.75) is 247 Å².